The van der Waals surface area contributed by atoms with Gasteiger partial charge in [0.05, 0.1) is 18.2 Å². The maximum absolute atomic E-state index is 14.5. The van der Waals surface area contributed by atoms with E-state index in [-0.39, 0.29) is 12.2 Å². The molecule has 0 aliphatic heterocycles. The van der Waals surface area contributed by atoms with Crippen LogP contribution >= 0.6 is 0 Å². The van der Waals surface area contributed by atoms with Crippen molar-refractivity contribution < 1.29 is 32.2 Å². The SMILES string of the molecule is CCOC(=O)C(F)(F)c1cccc(C(C)NC(=O)OC(C)(C)C)c1F. The normalized spacial score (nSPS) is 13.1. The van der Waals surface area contributed by atoms with Crippen molar-refractivity contribution in [2.75, 3.05) is 6.61 Å². The molecular weight excluding hydrogens is 339 g/mol. The maximum Gasteiger partial charge on any atom is 0.408 e. The summed E-state index contributed by atoms with van der Waals surface area (Å²) in [6.45, 7) is 7.48. The van der Waals surface area contributed by atoms with Gasteiger partial charge in [0.2, 0.25) is 0 Å². The van der Waals surface area contributed by atoms with E-state index in [1.54, 1.807) is 20.8 Å². The molecule has 0 spiro atoms. The van der Waals surface area contributed by atoms with E-state index in [1.165, 1.54) is 26.0 Å². The van der Waals surface area contributed by atoms with Crippen molar-refractivity contribution in [2.24, 2.45) is 0 Å². The number of ether oxygens (including phenoxy) is 2. The van der Waals surface area contributed by atoms with Gasteiger partial charge in [0.15, 0.2) is 0 Å². The number of hydrogen-bond donors (Lipinski definition) is 1. The van der Waals surface area contributed by atoms with Gasteiger partial charge in [0.25, 0.3) is 0 Å². The standard InChI is InChI=1S/C17H22F3NO4/c1-6-24-14(22)17(19,20)12-9-7-8-11(13(12)18)10(2)21-15(23)25-16(3,4)5/h7-10H,6H2,1-5H3,(H,21,23). The Bertz CT molecular complexity index is 641. The molecular formula is C17H22F3NO4. The first-order valence-corrected chi connectivity index (χ1v) is 7.73. The lowest BCUT2D eigenvalue weighted by Crippen LogP contribution is -2.35. The van der Waals surface area contributed by atoms with E-state index in [4.69, 9.17) is 4.74 Å². The summed E-state index contributed by atoms with van der Waals surface area (Å²) in [5.41, 5.74) is -2.07. The highest BCUT2D eigenvalue weighted by Crippen LogP contribution is 2.34. The molecule has 140 valence electrons. The fraction of sp³-hybridized carbons (Fsp3) is 0.529. The van der Waals surface area contributed by atoms with Gasteiger partial charge in [-0.2, -0.15) is 8.78 Å². The molecule has 1 atom stereocenters. The zero-order chi connectivity index (χ0) is 19.4. The molecule has 0 aromatic heterocycles. The van der Waals surface area contributed by atoms with E-state index in [0.29, 0.717) is 0 Å². The third kappa shape index (κ3) is 5.37. The number of amides is 1. The number of hydrogen-bond acceptors (Lipinski definition) is 4. The largest absolute Gasteiger partial charge is 0.461 e. The lowest BCUT2D eigenvalue weighted by atomic mass is 10.00. The number of esters is 1. The van der Waals surface area contributed by atoms with Crippen LogP contribution in [0.1, 0.15) is 51.8 Å². The molecule has 1 aromatic rings. The lowest BCUT2D eigenvalue weighted by Gasteiger charge is -2.23. The van der Waals surface area contributed by atoms with Gasteiger partial charge >= 0.3 is 18.0 Å². The molecule has 0 radical (unpaired) electrons. The molecule has 25 heavy (non-hydrogen) atoms. The van der Waals surface area contributed by atoms with E-state index in [2.05, 4.69) is 10.1 Å². The number of rotatable bonds is 5. The summed E-state index contributed by atoms with van der Waals surface area (Å²) in [6.07, 6.45) is -0.818. The molecule has 1 N–H and O–H groups in total. The van der Waals surface area contributed by atoms with Crippen LogP contribution < -0.4 is 5.32 Å². The Morgan fingerprint density at radius 3 is 2.36 bits per heavy atom. The Morgan fingerprint density at radius 1 is 1.24 bits per heavy atom. The van der Waals surface area contributed by atoms with E-state index >= 15 is 0 Å². The molecule has 0 fully saturated rings. The summed E-state index contributed by atoms with van der Waals surface area (Å²) in [7, 11) is 0. The molecule has 0 saturated carbocycles. The van der Waals surface area contributed by atoms with Crippen LogP contribution in [0.5, 0.6) is 0 Å². The van der Waals surface area contributed by atoms with Gasteiger partial charge in [-0.1, -0.05) is 12.1 Å². The minimum atomic E-state index is -4.14. The van der Waals surface area contributed by atoms with Crippen LogP contribution in [-0.4, -0.2) is 24.3 Å². The Morgan fingerprint density at radius 2 is 1.84 bits per heavy atom. The maximum atomic E-state index is 14.5. The number of halogens is 3. The van der Waals surface area contributed by atoms with Gasteiger partial charge in [0, 0.05) is 5.56 Å². The molecule has 0 heterocycles. The third-order valence-corrected chi connectivity index (χ3v) is 3.10. The van der Waals surface area contributed by atoms with E-state index in [0.717, 1.165) is 6.07 Å². The number of alkyl halides is 2. The summed E-state index contributed by atoms with van der Waals surface area (Å²) in [5, 5.41) is 2.36. The highest BCUT2D eigenvalue weighted by molar-refractivity contribution is 5.79. The van der Waals surface area contributed by atoms with E-state index < -0.39 is 41.0 Å². The second-order valence-corrected chi connectivity index (χ2v) is 6.37. The summed E-state index contributed by atoms with van der Waals surface area (Å²) in [5.74, 6) is -7.26. The van der Waals surface area contributed by atoms with Crippen LogP contribution in [0.15, 0.2) is 18.2 Å². The summed E-state index contributed by atoms with van der Waals surface area (Å²) >= 11 is 0. The number of carbonyl (C=O) groups is 2. The second kappa shape index (κ2) is 7.76. The Labute approximate surface area is 144 Å². The summed E-state index contributed by atoms with van der Waals surface area (Å²) < 4.78 is 52.1. The first-order valence-electron chi connectivity index (χ1n) is 7.73. The summed E-state index contributed by atoms with van der Waals surface area (Å²) in [6, 6.07) is 2.26. The Hall–Kier alpha value is -2.25. The molecule has 0 aliphatic carbocycles. The number of alkyl carbamates (subject to hydrolysis) is 1. The van der Waals surface area contributed by atoms with Crippen molar-refractivity contribution >= 4 is 12.1 Å². The third-order valence-electron chi connectivity index (χ3n) is 3.10. The average molecular weight is 361 g/mol. The molecule has 5 nitrogen and oxygen atoms in total. The molecule has 1 aromatic carbocycles. The van der Waals surface area contributed by atoms with E-state index in [9.17, 15) is 22.8 Å². The minimum Gasteiger partial charge on any atom is -0.461 e. The van der Waals surface area contributed by atoms with Crippen LogP contribution in [0.25, 0.3) is 0 Å². The molecule has 8 heteroatoms. The number of carbonyl (C=O) groups excluding carboxylic acids is 2. The lowest BCUT2D eigenvalue weighted by molar-refractivity contribution is -0.173. The summed E-state index contributed by atoms with van der Waals surface area (Å²) in [4.78, 5) is 23.2. The van der Waals surface area contributed by atoms with Crippen LogP contribution in [0.3, 0.4) is 0 Å². The predicted molar refractivity (Wildman–Crippen MR) is 84.7 cm³/mol. The van der Waals surface area contributed by atoms with Crippen molar-refractivity contribution in [2.45, 2.75) is 52.2 Å². The van der Waals surface area contributed by atoms with Gasteiger partial charge in [-0.05, 0) is 40.7 Å². The van der Waals surface area contributed by atoms with Crippen molar-refractivity contribution in [3.05, 3.63) is 35.1 Å². The molecule has 0 aliphatic rings. The number of benzene rings is 1. The Balaban J connectivity index is 3.08. The first-order chi connectivity index (χ1) is 11.4. The monoisotopic (exact) mass is 361 g/mol. The van der Waals surface area contributed by atoms with Crippen molar-refractivity contribution in [3.63, 3.8) is 0 Å². The van der Waals surface area contributed by atoms with Gasteiger partial charge in [-0.25, -0.2) is 14.0 Å². The first kappa shape index (κ1) is 20.8. The van der Waals surface area contributed by atoms with Crippen LogP contribution in [0.2, 0.25) is 0 Å². The number of nitrogens with one attached hydrogen (secondary N) is 1. The zero-order valence-electron chi connectivity index (χ0n) is 14.8. The van der Waals surface area contributed by atoms with Crippen LogP contribution in [0.4, 0.5) is 18.0 Å². The van der Waals surface area contributed by atoms with E-state index in [1.807, 2.05) is 0 Å². The highest BCUT2D eigenvalue weighted by atomic mass is 19.3. The van der Waals surface area contributed by atoms with Crippen molar-refractivity contribution in [1.29, 1.82) is 0 Å². The molecule has 1 unspecified atom stereocenters. The van der Waals surface area contributed by atoms with Crippen LogP contribution in [0, 0.1) is 5.82 Å². The van der Waals surface area contributed by atoms with Crippen molar-refractivity contribution in [3.8, 4) is 0 Å². The highest BCUT2D eigenvalue weighted by Gasteiger charge is 2.45. The molecule has 1 amide bonds. The van der Waals surface area contributed by atoms with Gasteiger partial charge in [-0.3, -0.25) is 0 Å². The Kier molecular flexibility index (Phi) is 6.45. The van der Waals surface area contributed by atoms with Gasteiger partial charge in [-0.15, -0.1) is 0 Å². The van der Waals surface area contributed by atoms with Gasteiger partial charge < -0.3 is 14.8 Å². The minimum absolute atomic E-state index is 0.202. The topological polar surface area (TPSA) is 64.6 Å². The average Bonchev–Trinajstić information content (AvgIpc) is 2.45. The molecule has 0 bridgehead atoms. The fourth-order valence-electron chi connectivity index (χ4n) is 2.02. The molecule has 0 saturated heterocycles. The predicted octanol–water partition coefficient (Wildman–Crippen LogP) is 4.07. The second-order valence-electron chi connectivity index (χ2n) is 6.37. The van der Waals surface area contributed by atoms with Gasteiger partial charge in [0.1, 0.15) is 11.4 Å². The molecule has 1 rings (SSSR count). The quantitative estimate of drug-likeness (QED) is 0.803. The van der Waals surface area contributed by atoms with Crippen molar-refractivity contribution in [1.82, 2.24) is 5.32 Å². The zero-order valence-corrected chi connectivity index (χ0v) is 14.8. The fourth-order valence-corrected chi connectivity index (χ4v) is 2.02. The van der Waals surface area contributed by atoms with Crippen LogP contribution in [-0.2, 0) is 20.2 Å². The smallest absolute Gasteiger partial charge is 0.408 e.